The zero-order valence-electron chi connectivity index (χ0n) is 6.90. The van der Waals surface area contributed by atoms with Crippen LogP contribution in [0.2, 0.25) is 0 Å². The lowest BCUT2D eigenvalue weighted by molar-refractivity contribution is 0.105. The molecule has 0 bridgehead atoms. The fourth-order valence-corrected chi connectivity index (χ4v) is 0.870. The fraction of sp³-hybridized carbons (Fsp3) is 1.00. The molecule has 0 heterocycles. The summed E-state index contributed by atoms with van der Waals surface area (Å²) in [5.41, 5.74) is 0. The lowest BCUT2D eigenvalue weighted by Gasteiger charge is -2.07. The summed E-state index contributed by atoms with van der Waals surface area (Å²) in [6, 6.07) is 0. The SMILES string of the molecule is CCC(C)COCCCI. The van der Waals surface area contributed by atoms with Crippen molar-refractivity contribution in [2.24, 2.45) is 5.92 Å². The Bertz CT molecular complexity index is 66.3. The van der Waals surface area contributed by atoms with Crippen molar-refractivity contribution in [2.45, 2.75) is 26.7 Å². The van der Waals surface area contributed by atoms with Crippen LogP contribution in [-0.2, 0) is 4.74 Å². The van der Waals surface area contributed by atoms with Crippen molar-refractivity contribution in [3.05, 3.63) is 0 Å². The van der Waals surface area contributed by atoms with Gasteiger partial charge in [-0.3, -0.25) is 0 Å². The summed E-state index contributed by atoms with van der Waals surface area (Å²) < 4.78 is 6.63. The van der Waals surface area contributed by atoms with Gasteiger partial charge in [-0.05, 0) is 12.3 Å². The van der Waals surface area contributed by atoms with Crippen LogP contribution in [0, 0.1) is 5.92 Å². The van der Waals surface area contributed by atoms with Crippen LogP contribution in [0.5, 0.6) is 0 Å². The third kappa shape index (κ3) is 6.81. The second-order valence-corrected chi connectivity index (χ2v) is 3.71. The minimum atomic E-state index is 0.731. The lowest BCUT2D eigenvalue weighted by Crippen LogP contribution is -2.05. The highest BCUT2D eigenvalue weighted by Gasteiger charge is 1.96. The summed E-state index contributed by atoms with van der Waals surface area (Å²) in [6.07, 6.45) is 2.42. The molecule has 0 rings (SSSR count). The first-order valence-electron chi connectivity index (χ1n) is 3.95. The highest BCUT2D eigenvalue weighted by atomic mass is 127. The Kier molecular flexibility index (Phi) is 8.33. The molecule has 1 unspecified atom stereocenters. The van der Waals surface area contributed by atoms with E-state index in [1.165, 1.54) is 17.3 Å². The predicted octanol–water partition coefficient (Wildman–Crippen LogP) is 2.87. The molecular formula is C8H17IO. The van der Waals surface area contributed by atoms with E-state index in [-0.39, 0.29) is 0 Å². The van der Waals surface area contributed by atoms with Gasteiger partial charge in [0, 0.05) is 17.6 Å². The molecule has 0 aliphatic heterocycles. The molecule has 0 N–H and O–H groups in total. The summed E-state index contributed by atoms with van der Waals surface area (Å²) in [6.45, 7) is 6.30. The van der Waals surface area contributed by atoms with Crippen molar-refractivity contribution in [1.29, 1.82) is 0 Å². The van der Waals surface area contributed by atoms with Crippen molar-refractivity contribution in [3.63, 3.8) is 0 Å². The molecule has 0 saturated carbocycles. The molecule has 0 spiro atoms. The first-order chi connectivity index (χ1) is 4.81. The van der Waals surface area contributed by atoms with Gasteiger partial charge >= 0.3 is 0 Å². The maximum Gasteiger partial charge on any atom is 0.0491 e. The van der Waals surface area contributed by atoms with E-state index >= 15 is 0 Å². The standard InChI is InChI=1S/C8H17IO/c1-3-8(2)7-10-6-4-5-9/h8H,3-7H2,1-2H3. The van der Waals surface area contributed by atoms with Gasteiger partial charge in [0.1, 0.15) is 0 Å². The molecule has 0 aliphatic rings. The van der Waals surface area contributed by atoms with Crippen LogP contribution < -0.4 is 0 Å². The third-order valence-electron chi connectivity index (χ3n) is 1.52. The van der Waals surface area contributed by atoms with Crippen LogP contribution in [0.1, 0.15) is 26.7 Å². The maximum atomic E-state index is 5.42. The predicted molar refractivity (Wildman–Crippen MR) is 53.8 cm³/mol. The summed E-state index contributed by atoms with van der Waals surface area (Å²) in [4.78, 5) is 0. The number of ether oxygens (including phenoxy) is 1. The normalized spacial score (nSPS) is 13.5. The van der Waals surface area contributed by atoms with Gasteiger partial charge in [0.2, 0.25) is 0 Å². The zero-order chi connectivity index (χ0) is 7.82. The Labute approximate surface area is 77.7 Å². The van der Waals surface area contributed by atoms with Crippen molar-refractivity contribution < 1.29 is 4.74 Å². The van der Waals surface area contributed by atoms with E-state index in [0.717, 1.165) is 19.1 Å². The van der Waals surface area contributed by atoms with Crippen molar-refractivity contribution in [2.75, 3.05) is 17.6 Å². The zero-order valence-corrected chi connectivity index (χ0v) is 9.06. The molecule has 1 nitrogen and oxygen atoms in total. The van der Waals surface area contributed by atoms with Crippen LogP contribution >= 0.6 is 22.6 Å². The monoisotopic (exact) mass is 256 g/mol. The number of hydrogen-bond donors (Lipinski definition) is 0. The van der Waals surface area contributed by atoms with Crippen LogP contribution in [0.15, 0.2) is 0 Å². The van der Waals surface area contributed by atoms with Crippen LogP contribution in [-0.4, -0.2) is 17.6 Å². The first-order valence-corrected chi connectivity index (χ1v) is 5.47. The lowest BCUT2D eigenvalue weighted by atomic mass is 10.1. The summed E-state index contributed by atoms with van der Waals surface area (Å²) in [5, 5.41) is 0. The molecule has 10 heavy (non-hydrogen) atoms. The van der Waals surface area contributed by atoms with Gasteiger partial charge in [-0.2, -0.15) is 0 Å². The smallest absolute Gasteiger partial charge is 0.0491 e. The van der Waals surface area contributed by atoms with E-state index in [2.05, 4.69) is 36.4 Å². The Balaban J connectivity index is 2.89. The second-order valence-electron chi connectivity index (χ2n) is 2.63. The molecule has 0 aliphatic carbocycles. The van der Waals surface area contributed by atoms with Gasteiger partial charge in [-0.25, -0.2) is 0 Å². The topological polar surface area (TPSA) is 9.23 Å². The summed E-state index contributed by atoms with van der Waals surface area (Å²) in [5.74, 6) is 0.731. The fourth-order valence-electron chi connectivity index (χ4n) is 0.559. The van der Waals surface area contributed by atoms with Crippen LogP contribution in [0.4, 0.5) is 0 Å². The number of hydrogen-bond acceptors (Lipinski definition) is 1. The largest absolute Gasteiger partial charge is 0.381 e. The Morgan fingerprint density at radius 3 is 2.70 bits per heavy atom. The summed E-state index contributed by atoms with van der Waals surface area (Å²) >= 11 is 2.37. The molecular weight excluding hydrogens is 239 g/mol. The first kappa shape index (κ1) is 10.7. The van der Waals surface area contributed by atoms with E-state index in [1.807, 2.05) is 0 Å². The van der Waals surface area contributed by atoms with E-state index in [4.69, 9.17) is 4.74 Å². The van der Waals surface area contributed by atoms with Gasteiger partial charge in [0.15, 0.2) is 0 Å². The van der Waals surface area contributed by atoms with E-state index in [0.29, 0.717) is 0 Å². The molecule has 1 atom stereocenters. The molecule has 0 saturated heterocycles. The van der Waals surface area contributed by atoms with Crippen molar-refractivity contribution in [3.8, 4) is 0 Å². The Morgan fingerprint density at radius 1 is 1.50 bits per heavy atom. The average Bonchev–Trinajstić information content (AvgIpc) is 1.98. The minimum absolute atomic E-state index is 0.731. The molecule has 0 aromatic heterocycles. The quantitative estimate of drug-likeness (QED) is 0.403. The Hall–Kier alpha value is 0.690. The van der Waals surface area contributed by atoms with Crippen molar-refractivity contribution >= 4 is 22.6 Å². The number of halogens is 1. The second kappa shape index (κ2) is 7.79. The minimum Gasteiger partial charge on any atom is -0.381 e. The summed E-state index contributed by atoms with van der Waals surface area (Å²) in [7, 11) is 0. The van der Waals surface area contributed by atoms with E-state index < -0.39 is 0 Å². The third-order valence-corrected chi connectivity index (χ3v) is 2.28. The number of rotatable bonds is 6. The van der Waals surface area contributed by atoms with E-state index in [1.54, 1.807) is 0 Å². The molecule has 0 fully saturated rings. The van der Waals surface area contributed by atoms with Crippen LogP contribution in [0.25, 0.3) is 0 Å². The van der Waals surface area contributed by atoms with Gasteiger partial charge in [0.25, 0.3) is 0 Å². The molecule has 0 aromatic rings. The molecule has 0 aromatic carbocycles. The van der Waals surface area contributed by atoms with Crippen LogP contribution in [0.3, 0.4) is 0 Å². The average molecular weight is 256 g/mol. The highest BCUT2D eigenvalue weighted by molar-refractivity contribution is 14.1. The van der Waals surface area contributed by atoms with Gasteiger partial charge in [0.05, 0.1) is 0 Å². The molecule has 0 amide bonds. The molecule has 0 radical (unpaired) electrons. The van der Waals surface area contributed by atoms with Gasteiger partial charge < -0.3 is 4.74 Å². The van der Waals surface area contributed by atoms with Gasteiger partial charge in [-0.15, -0.1) is 0 Å². The Morgan fingerprint density at radius 2 is 2.20 bits per heavy atom. The van der Waals surface area contributed by atoms with E-state index in [9.17, 15) is 0 Å². The number of alkyl halides is 1. The highest BCUT2D eigenvalue weighted by Crippen LogP contribution is 2.01. The molecule has 2 heteroatoms. The maximum absolute atomic E-state index is 5.42. The molecule has 62 valence electrons. The van der Waals surface area contributed by atoms with Crippen molar-refractivity contribution in [1.82, 2.24) is 0 Å². The van der Waals surface area contributed by atoms with Gasteiger partial charge in [-0.1, -0.05) is 42.9 Å².